The number of amides is 1. The second-order valence-corrected chi connectivity index (χ2v) is 3.45. The molecule has 0 fully saturated rings. The standard InChI is InChI=1S/C12H8F2N2O2/c13-7-4-5-10(15-6-7)16-12(18)11-8(14)2-1-3-9(11)17/h1-6,17H,(H,15,16,18). The van der Waals surface area contributed by atoms with Gasteiger partial charge < -0.3 is 10.4 Å². The molecule has 92 valence electrons. The summed E-state index contributed by atoms with van der Waals surface area (Å²) in [5.74, 6) is -2.68. The van der Waals surface area contributed by atoms with Crippen LogP contribution in [0.4, 0.5) is 14.6 Å². The van der Waals surface area contributed by atoms with Crippen molar-refractivity contribution >= 4 is 11.7 Å². The summed E-state index contributed by atoms with van der Waals surface area (Å²) in [7, 11) is 0. The molecule has 0 saturated carbocycles. The molecule has 0 spiro atoms. The van der Waals surface area contributed by atoms with Crippen LogP contribution in [0.5, 0.6) is 5.75 Å². The summed E-state index contributed by atoms with van der Waals surface area (Å²) in [6.45, 7) is 0. The van der Waals surface area contributed by atoms with Crippen molar-refractivity contribution in [2.75, 3.05) is 5.32 Å². The van der Waals surface area contributed by atoms with Gasteiger partial charge in [0.05, 0.1) is 6.20 Å². The molecule has 1 heterocycles. The summed E-state index contributed by atoms with van der Waals surface area (Å²) in [5, 5.41) is 11.7. The molecule has 0 radical (unpaired) electrons. The average molecular weight is 250 g/mol. The number of halogens is 2. The molecule has 0 aliphatic heterocycles. The van der Waals surface area contributed by atoms with Gasteiger partial charge in [0, 0.05) is 0 Å². The van der Waals surface area contributed by atoms with Crippen molar-refractivity contribution in [3.63, 3.8) is 0 Å². The van der Waals surface area contributed by atoms with Crippen LogP contribution in [0.15, 0.2) is 36.5 Å². The predicted octanol–water partition coefficient (Wildman–Crippen LogP) is 2.32. The van der Waals surface area contributed by atoms with E-state index in [4.69, 9.17) is 0 Å². The molecule has 2 aromatic rings. The molecular weight excluding hydrogens is 242 g/mol. The highest BCUT2D eigenvalue weighted by molar-refractivity contribution is 6.05. The van der Waals surface area contributed by atoms with E-state index in [9.17, 15) is 18.7 Å². The van der Waals surface area contributed by atoms with E-state index < -0.39 is 28.9 Å². The predicted molar refractivity (Wildman–Crippen MR) is 60.2 cm³/mol. The van der Waals surface area contributed by atoms with Gasteiger partial charge in [-0.05, 0) is 24.3 Å². The van der Waals surface area contributed by atoms with Crippen LogP contribution in [0.1, 0.15) is 10.4 Å². The number of aromatic hydroxyl groups is 1. The molecule has 1 amide bonds. The van der Waals surface area contributed by atoms with Gasteiger partial charge >= 0.3 is 0 Å². The van der Waals surface area contributed by atoms with E-state index in [1.165, 1.54) is 18.2 Å². The van der Waals surface area contributed by atoms with E-state index in [2.05, 4.69) is 10.3 Å². The number of pyridine rings is 1. The van der Waals surface area contributed by atoms with Gasteiger partial charge in [-0.2, -0.15) is 0 Å². The number of phenols is 1. The van der Waals surface area contributed by atoms with Gasteiger partial charge in [0.25, 0.3) is 5.91 Å². The van der Waals surface area contributed by atoms with Crippen molar-refractivity contribution < 1.29 is 18.7 Å². The fourth-order valence-electron chi connectivity index (χ4n) is 1.37. The molecule has 0 atom stereocenters. The number of phenolic OH excluding ortho intramolecular Hbond substituents is 1. The summed E-state index contributed by atoms with van der Waals surface area (Å²) in [6.07, 6.45) is 0.914. The Morgan fingerprint density at radius 1 is 1.22 bits per heavy atom. The number of aromatic nitrogens is 1. The lowest BCUT2D eigenvalue weighted by Crippen LogP contribution is -2.14. The zero-order valence-electron chi connectivity index (χ0n) is 9.02. The molecule has 18 heavy (non-hydrogen) atoms. The molecule has 0 unspecified atom stereocenters. The van der Waals surface area contributed by atoms with E-state index >= 15 is 0 Å². The van der Waals surface area contributed by atoms with E-state index in [-0.39, 0.29) is 5.82 Å². The number of rotatable bonds is 2. The Hall–Kier alpha value is -2.50. The molecular formula is C12H8F2N2O2. The highest BCUT2D eigenvalue weighted by Gasteiger charge is 2.16. The van der Waals surface area contributed by atoms with Crippen LogP contribution in [0.3, 0.4) is 0 Å². The summed E-state index contributed by atoms with van der Waals surface area (Å²) in [5.41, 5.74) is -0.483. The molecule has 0 aliphatic carbocycles. The minimum atomic E-state index is -0.857. The zero-order chi connectivity index (χ0) is 13.1. The van der Waals surface area contributed by atoms with Crippen LogP contribution in [0.25, 0.3) is 0 Å². The first kappa shape index (κ1) is 12.0. The normalized spacial score (nSPS) is 10.1. The number of carbonyl (C=O) groups excluding carboxylic acids is 1. The third kappa shape index (κ3) is 2.42. The molecule has 2 N–H and O–H groups in total. The molecule has 0 aliphatic rings. The smallest absolute Gasteiger partial charge is 0.263 e. The molecule has 1 aromatic heterocycles. The Labute approximate surface area is 101 Å². The topological polar surface area (TPSA) is 62.2 Å². The van der Waals surface area contributed by atoms with E-state index in [0.717, 1.165) is 18.3 Å². The fourth-order valence-corrected chi connectivity index (χ4v) is 1.37. The van der Waals surface area contributed by atoms with Crippen molar-refractivity contribution in [1.82, 2.24) is 4.98 Å². The average Bonchev–Trinajstić information content (AvgIpc) is 2.32. The quantitative estimate of drug-likeness (QED) is 0.859. The van der Waals surface area contributed by atoms with Crippen molar-refractivity contribution in [2.45, 2.75) is 0 Å². The van der Waals surface area contributed by atoms with Gasteiger partial charge in [-0.15, -0.1) is 0 Å². The lowest BCUT2D eigenvalue weighted by atomic mass is 10.1. The molecule has 1 aromatic carbocycles. The van der Waals surface area contributed by atoms with Gasteiger partial charge in [-0.3, -0.25) is 4.79 Å². The van der Waals surface area contributed by atoms with Crippen LogP contribution >= 0.6 is 0 Å². The maximum absolute atomic E-state index is 13.4. The fraction of sp³-hybridized carbons (Fsp3) is 0. The lowest BCUT2D eigenvalue weighted by Gasteiger charge is -2.06. The van der Waals surface area contributed by atoms with Crippen LogP contribution in [-0.2, 0) is 0 Å². The Balaban J connectivity index is 2.25. The second-order valence-electron chi connectivity index (χ2n) is 3.45. The van der Waals surface area contributed by atoms with Gasteiger partial charge in [0.1, 0.15) is 28.8 Å². The number of anilines is 1. The third-order valence-corrected chi connectivity index (χ3v) is 2.19. The lowest BCUT2D eigenvalue weighted by molar-refractivity contribution is 0.102. The Bertz CT molecular complexity index is 565. The molecule has 0 bridgehead atoms. The highest BCUT2D eigenvalue weighted by Crippen LogP contribution is 2.20. The van der Waals surface area contributed by atoms with Crippen LogP contribution in [-0.4, -0.2) is 16.0 Å². The maximum Gasteiger partial charge on any atom is 0.263 e. The molecule has 4 nitrogen and oxygen atoms in total. The monoisotopic (exact) mass is 250 g/mol. The second kappa shape index (κ2) is 4.79. The summed E-state index contributed by atoms with van der Waals surface area (Å²) in [6, 6.07) is 5.84. The molecule has 0 saturated heterocycles. The SMILES string of the molecule is O=C(Nc1ccc(F)cn1)c1c(O)cccc1F. The number of nitrogens with zero attached hydrogens (tertiary/aromatic N) is 1. The number of benzene rings is 1. The number of carbonyl (C=O) groups is 1. The zero-order valence-corrected chi connectivity index (χ0v) is 9.02. The minimum Gasteiger partial charge on any atom is -0.507 e. The minimum absolute atomic E-state index is 0.0593. The van der Waals surface area contributed by atoms with E-state index in [1.807, 2.05) is 0 Å². The van der Waals surface area contributed by atoms with E-state index in [1.54, 1.807) is 0 Å². The first-order valence-corrected chi connectivity index (χ1v) is 4.98. The number of hydrogen-bond donors (Lipinski definition) is 2. The van der Waals surface area contributed by atoms with Crippen LogP contribution in [0.2, 0.25) is 0 Å². The first-order valence-electron chi connectivity index (χ1n) is 4.98. The van der Waals surface area contributed by atoms with Gasteiger partial charge in [0.15, 0.2) is 0 Å². The summed E-state index contributed by atoms with van der Waals surface area (Å²) in [4.78, 5) is 15.3. The van der Waals surface area contributed by atoms with Crippen molar-refractivity contribution in [3.8, 4) is 5.75 Å². The summed E-state index contributed by atoms with van der Waals surface area (Å²) < 4.78 is 26.0. The molecule has 2 rings (SSSR count). The maximum atomic E-state index is 13.4. The first-order chi connectivity index (χ1) is 8.58. The Kier molecular flexibility index (Phi) is 3.18. The van der Waals surface area contributed by atoms with Gasteiger partial charge in [0.2, 0.25) is 0 Å². The highest BCUT2D eigenvalue weighted by atomic mass is 19.1. The van der Waals surface area contributed by atoms with Crippen LogP contribution < -0.4 is 5.32 Å². The third-order valence-electron chi connectivity index (χ3n) is 2.19. The van der Waals surface area contributed by atoms with Crippen molar-refractivity contribution in [1.29, 1.82) is 0 Å². The largest absolute Gasteiger partial charge is 0.507 e. The Morgan fingerprint density at radius 3 is 2.61 bits per heavy atom. The van der Waals surface area contributed by atoms with Crippen molar-refractivity contribution in [3.05, 3.63) is 53.7 Å². The van der Waals surface area contributed by atoms with Crippen LogP contribution in [0, 0.1) is 11.6 Å². The Morgan fingerprint density at radius 2 is 2.00 bits per heavy atom. The van der Waals surface area contributed by atoms with E-state index in [0.29, 0.717) is 0 Å². The van der Waals surface area contributed by atoms with Gasteiger partial charge in [-0.25, -0.2) is 13.8 Å². The molecule has 6 heteroatoms. The summed E-state index contributed by atoms with van der Waals surface area (Å²) >= 11 is 0. The number of nitrogens with one attached hydrogen (secondary N) is 1. The number of hydrogen-bond acceptors (Lipinski definition) is 3. The van der Waals surface area contributed by atoms with Gasteiger partial charge in [-0.1, -0.05) is 6.07 Å². The van der Waals surface area contributed by atoms with Crippen molar-refractivity contribution in [2.24, 2.45) is 0 Å².